The summed E-state index contributed by atoms with van der Waals surface area (Å²) in [5, 5.41) is 3.44. The Morgan fingerprint density at radius 1 is 1.22 bits per heavy atom. The zero-order valence-corrected chi connectivity index (χ0v) is 19.5. The van der Waals surface area contributed by atoms with Gasteiger partial charge in [0.15, 0.2) is 0 Å². The van der Waals surface area contributed by atoms with E-state index in [0.717, 1.165) is 42.6 Å². The molecule has 3 aromatic rings. The van der Waals surface area contributed by atoms with E-state index in [1.807, 2.05) is 36.0 Å². The summed E-state index contributed by atoms with van der Waals surface area (Å²) in [5.41, 5.74) is 4.61. The Hall–Kier alpha value is -2.77. The van der Waals surface area contributed by atoms with Crippen molar-refractivity contribution in [3.05, 3.63) is 63.7 Å². The second-order valence-electron chi connectivity index (χ2n) is 8.00. The summed E-state index contributed by atoms with van der Waals surface area (Å²) in [6, 6.07) is 9.17. The molecule has 2 aromatic heterocycles. The third kappa shape index (κ3) is 5.72. The molecule has 6 nitrogen and oxygen atoms in total. The van der Waals surface area contributed by atoms with Gasteiger partial charge in [-0.1, -0.05) is 17.7 Å². The van der Waals surface area contributed by atoms with Gasteiger partial charge in [0.2, 0.25) is 5.91 Å². The Bertz CT molecular complexity index is 1080. The van der Waals surface area contributed by atoms with E-state index in [9.17, 15) is 9.59 Å². The Morgan fingerprint density at radius 3 is 2.69 bits per heavy atom. The highest BCUT2D eigenvalue weighted by Gasteiger charge is 2.27. The van der Waals surface area contributed by atoms with E-state index < -0.39 is 0 Å². The summed E-state index contributed by atoms with van der Waals surface area (Å²) in [5.74, 6) is 0.425. The van der Waals surface area contributed by atoms with E-state index in [1.165, 1.54) is 4.88 Å². The lowest BCUT2D eigenvalue weighted by Crippen LogP contribution is -2.30. The van der Waals surface area contributed by atoms with Gasteiger partial charge in [0.25, 0.3) is 5.91 Å². The van der Waals surface area contributed by atoms with E-state index in [1.54, 1.807) is 35.4 Å². The molecule has 1 aromatic carbocycles. The standard InChI is InChI=1S/C24H25ClN4O2S/c1-16(30)29(14-17-4-5-17)23-9-7-18(11-21(23)25)22-8-6-19(12-28-22)24(31)27-10-2-3-20-13-26-15-32-20/h6-9,11-13,15,17H,2-5,10,14H2,1H3,(H,27,31). The van der Waals surface area contributed by atoms with Crippen LogP contribution in [0.25, 0.3) is 11.3 Å². The Morgan fingerprint density at radius 2 is 2.06 bits per heavy atom. The fraction of sp³-hybridized carbons (Fsp3) is 0.333. The van der Waals surface area contributed by atoms with Crippen LogP contribution in [0.5, 0.6) is 0 Å². The lowest BCUT2D eigenvalue weighted by Gasteiger charge is -2.22. The molecule has 0 bridgehead atoms. The van der Waals surface area contributed by atoms with Gasteiger partial charge in [-0.2, -0.15) is 0 Å². The first kappa shape index (κ1) is 22.4. The molecular formula is C24H25ClN4O2S. The highest BCUT2D eigenvalue weighted by atomic mass is 35.5. The Balaban J connectivity index is 1.37. The summed E-state index contributed by atoms with van der Waals surface area (Å²) >= 11 is 8.15. The van der Waals surface area contributed by atoms with Crippen LogP contribution in [0.4, 0.5) is 5.69 Å². The maximum Gasteiger partial charge on any atom is 0.252 e. The topological polar surface area (TPSA) is 75.2 Å². The molecule has 1 fully saturated rings. The maximum absolute atomic E-state index is 12.4. The molecule has 32 heavy (non-hydrogen) atoms. The van der Waals surface area contributed by atoms with E-state index >= 15 is 0 Å². The predicted molar refractivity (Wildman–Crippen MR) is 128 cm³/mol. The average molecular weight is 469 g/mol. The van der Waals surface area contributed by atoms with Crippen LogP contribution in [0.2, 0.25) is 5.02 Å². The molecule has 166 valence electrons. The molecule has 1 aliphatic carbocycles. The molecule has 8 heteroatoms. The Labute approximate surface area is 196 Å². The monoisotopic (exact) mass is 468 g/mol. The lowest BCUT2D eigenvalue weighted by molar-refractivity contribution is -0.116. The molecule has 1 aliphatic rings. The SMILES string of the molecule is CC(=O)N(CC1CC1)c1ccc(-c2ccc(C(=O)NCCCc3cncs3)cn2)cc1Cl. The molecule has 0 unspecified atom stereocenters. The van der Waals surface area contributed by atoms with Crippen LogP contribution in [0.3, 0.4) is 0 Å². The number of pyridine rings is 1. The van der Waals surface area contributed by atoms with Gasteiger partial charge in [0.1, 0.15) is 0 Å². The zero-order valence-electron chi connectivity index (χ0n) is 17.9. The minimum absolute atomic E-state index is 0.00732. The van der Waals surface area contributed by atoms with Crippen LogP contribution in [0.1, 0.15) is 41.4 Å². The van der Waals surface area contributed by atoms with Crippen molar-refractivity contribution in [3.8, 4) is 11.3 Å². The largest absolute Gasteiger partial charge is 0.352 e. The van der Waals surface area contributed by atoms with Crippen molar-refractivity contribution in [1.29, 1.82) is 0 Å². The van der Waals surface area contributed by atoms with Gasteiger partial charge in [-0.15, -0.1) is 11.3 Å². The fourth-order valence-electron chi connectivity index (χ4n) is 3.47. The number of aryl methyl sites for hydroxylation is 1. The number of amides is 2. The summed E-state index contributed by atoms with van der Waals surface area (Å²) in [6.45, 7) is 2.88. The summed E-state index contributed by atoms with van der Waals surface area (Å²) < 4.78 is 0. The van der Waals surface area contributed by atoms with Gasteiger partial charge in [-0.3, -0.25) is 19.6 Å². The van der Waals surface area contributed by atoms with Crippen LogP contribution in [-0.2, 0) is 11.2 Å². The van der Waals surface area contributed by atoms with Gasteiger partial charge >= 0.3 is 0 Å². The van der Waals surface area contributed by atoms with Crippen molar-refractivity contribution in [2.75, 3.05) is 18.0 Å². The second kappa shape index (κ2) is 10.2. The second-order valence-corrected chi connectivity index (χ2v) is 9.38. The van der Waals surface area contributed by atoms with Gasteiger partial charge in [-0.05, 0) is 55.9 Å². The zero-order chi connectivity index (χ0) is 22.5. The number of halogens is 1. The van der Waals surface area contributed by atoms with Gasteiger partial charge in [-0.25, -0.2) is 0 Å². The highest BCUT2D eigenvalue weighted by molar-refractivity contribution is 7.09. The maximum atomic E-state index is 12.4. The van der Waals surface area contributed by atoms with Crippen molar-refractivity contribution in [1.82, 2.24) is 15.3 Å². The number of carbonyl (C=O) groups excluding carboxylic acids is 2. The molecular weight excluding hydrogens is 444 g/mol. The molecule has 1 N–H and O–H groups in total. The number of nitrogens with zero attached hydrogens (tertiary/aromatic N) is 3. The van der Waals surface area contributed by atoms with E-state index in [-0.39, 0.29) is 11.8 Å². The van der Waals surface area contributed by atoms with Crippen LogP contribution in [0.15, 0.2) is 48.2 Å². The summed E-state index contributed by atoms with van der Waals surface area (Å²) in [6.07, 6.45) is 7.52. The number of benzene rings is 1. The number of hydrogen-bond acceptors (Lipinski definition) is 5. The van der Waals surface area contributed by atoms with E-state index in [0.29, 0.717) is 29.6 Å². The molecule has 2 amide bonds. The number of carbonyl (C=O) groups is 2. The minimum Gasteiger partial charge on any atom is -0.352 e. The third-order valence-corrected chi connectivity index (χ3v) is 6.59. The van der Waals surface area contributed by atoms with Crippen molar-refractivity contribution in [2.24, 2.45) is 5.92 Å². The van der Waals surface area contributed by atoms with Crippen molar-refractivity contribution in [2.45, 2.75) is 32.6 Å². The van der Waals surface area contributed by atoms with Gasteiger partial charge in [0.05, 0.1) is 27.5 Å². The summed E-state index contributed by atoms with van der Waals surface area (Å²) in [4.78, 5) is 35.9. The molecule has 2 heterocycles. The number of rotatable bonds is 9. The molecule has 0 spiro atoms. The van der Waals surface area contributed by atoms with Crippen LogP contribution in [0, 0.1) is 5.92 Å². The first-order chi connectivity index (χ1) is 15.5. The van der Waals surface area contributed by atoms with Crippen LogP contribution >= 0.6 is 22.9 Å². The number of anilines is 1. The van der Waals surface area contributed by atoms with E-state index in [2.05, 4.69) is 15.3 Å². The van der Waals surface area contributed by atoms with Crippen molar-refractivity contribution in [3.63, 3.8) is 0 Å². The minimum atomic E-state index is -0.140. The van der Waals surface area contributed by atoms with Gasteiger partial charge in [0, 0.05) is 42.8 Å². The normalized spacial score (nSPS) is 13.1. The fourth-order valence-corrected chi connectivity index (χ4v) is 4.39. The highest BCUT2D eigenvalue weighted by Crippen LogP contribution is 2.35. The van der Waals surface area contributed by atoms with Crippen molar-refractivity contribution < 1.29 is 9.59 Å². The number of nitrogens with one attached hydrogen (secondary N) is 1. The molecule has 0 radical (unpaired) electrons. The third-order valence-electron chi connectivity index (χ3n) is 5.45. The number of aromatic nitrogens is 2. The number of hydrogen-bond donors (Lipinski definition) is 1. The van der Waals surface area contributed by atoms with Crippen molar-refractivity contribution >= 4 is 40.4 Å². The smallest absolute Gasteiger partial charge is 0.252 e. The Kier molecular flexibility index (Phi) is 7.17. The predicted octanol–water partition coefficient (Wildman–Crippen LogP) is 4.98. The quantitative estimate of drug-likeness (QED) is 0.449. The van der Waals surface area contributed by atoms with Crippen LogP contribution < -0.4 is 10.2 Å². The molecule has 0 atom stereocenters. The molecule has 0 saturated heterocycles. The van der Waals surface area contributed by atoms with Crippen LogP contribution in [-0.4, -0.2) is 34.9 Å². The first-order valence-electron chi connectivity index (χ1n) is 10.7. The molecule has 4 rings (SSSR count). The number of thiazole rings is 1. The van der Waals surface area contributed by atoms with Gasteiger partial charge < -0.3 is 10.2 Å². The first-order valence-corrected chi connectivity index (χ1v) is 12.0. The molecule has 1 saturated carbocycles. The van der Waals surface area contributed by atoms with E-state index in [4.69, 9.17) is 11.6 Å². The average Bonchev–Trinajstić information content (AvgIpc) is 3.47. The lowest BCUT2D eigenvalue weighted by atomic mass is 10.1. The summed E-state index contributed by atoms with van der Waals surface area (Å²) in [7, 11) is 0. The molecule has 0 aliphatic heterocycles.